The minimum Gasteiger partial charge on any atom is -0.497 e. The van der Waals surface area contributed by atoms with Crippen molar-refractivity contribution in [1.82, 2.24) is 5.32 Å². The number of methoxy groups -OCH3 is 1. The maximum absolute atomic E-state index is 12.7. The highest BCUT2D eigenvalue weighted by molar-refractivity contribution is 7.80. The molecule has 1 aliphatic rings. The highest BCUT2D eigenvalue weighted by Crippen LogP contribution is 2.26. The molecule has 1 fully saturated rings. The lowest BCUT2D eigenvalue weighted by atomic mass is 10.1. The van der Waals surface area contributed by atoms with Crippen LogP contribution >= 0.6 is 12.2 Å². The predicted molar refractivity (Wildman–Crippen MR) is 95.4 cm³/mol. The molecule has 0 atom stereocenters. The van der Waals surface area contributed by atoms with Gasteiger partial charge in [0.1, 0.15) is 11.4 Å². The first-order chi connectivity index (χ1) is 11.1. The Kier molecular flexibility index (Phi) is 4.12. The maximum Gasteiger partial charge on any atom is 0.281 e. The largest absolute Gasteiger partial charge is 0.497 e. The molecule has 1 heterocycles. The first-order valence-corrected chi connectivity index (χ1v) is 7.58. The Morgan fingerprint density at radius 2 is 1.96 bits per heavy atom. The molecule has 0 unspecified atom stereocenters. The van der Waals surface area contributed by atoms with Crippen molar-refractivity contribution in [3.63, 3.8) is 0 Å². The van der Waals surface area contributed by atoms with Crippen LogP contribution in [0.4, 0.5) is 5.69 Å². The molecule has 2 aromatic rings. The normalized spacial score (nSPS) is 15.9. The fourth-order valence-corrected chi connectivity index (χ4v) is 2.76. The zero-order valence-electron chi connectivity index (χ0n) is 12.9. The van der Waals surface area contributed by atoms with Gasteiger partial charge in [0.15, 0.2) is 5.11 Å². The molecule has 1 N–H and O–H groups in total. The van der Waals surface area contributed by atoms with Gasteiger partial charge in [0.2, 0.25) is 0 Å². The molecule has 3 rings (SSSR count). The van der Waals surface area contributed by atoms with Gasteiger partial charge < -0.3 is 10.1 Å². The lowest BCUT2D eigenvalue weighted by molar-refractivity contribution is -0.113. The fourth-order valence-electron chi connectivity index (χ4n) is 2.47. The molecule has 5 heteroatoms. The van der Waals surface area contributed by atoms with Crippen molar-refractivity contribution in [2.45, 2.75) is 6.92 Å². The van der Waals surface area contributed by atoms with Crippen LogP contribution in [0.15, 0.2) is 54.2 Å². The monoisotopic (exact) mass is 324 g/mol. The van der Waals surface area contributed by atoms with E-state index in [1.165, 1.54) is 4.90 Å². The van der Waals surface area contributed by atoms with Crippen LogP contribution in [0.1, 0.15) is 11.1 Å². The summed E-state index contributed by atoms with van der Waals surface area (Å²) in [5, 5.41) is 3.38. The molecule has 0 aromatic heterocycles. The minimum atomic E-state index is -0.160. The van der Waals surface area contributed by atoms with Crippen molar-refractivity contribution >= 4 is 35.0 Å². The Bertz CT molecular complexity index is 814. The van der Waals surface area contributed by atoms with Crippen LogP contribution in [-0.2, 0) is 4.79 Å². The molecule has 0 spiro atoms. The first-order valence-electron chi connectivity index (χ1n) is 7.17. The molecule has 23 heavy (non-hydrogen) atoms. The Morgan fingerprint density at radius 1 is 1.17 bits per heavy atom. The van der Waals surface area contributed by atoms with Crippen molar-refractivity contribution in [3.8, 4) is 5.75 Å². The van der Waals surface area contributed by atoms with E-state index in [4.69, 9.17) is 17.0 Å². The molecular formula is C18H16N2O2S. The van der Waals surface area contributed by atoms with Crippen LogP contribution < -0.4 is 15.0 Å². The molecule has 0 saturated carbocycles. The lowest BCUT2D eigenvalue weighted by Gasteiger charge is -2.16. The summed E-state index contributed by atoms with van der Waals surface area (Å²) in [6, 6.07) is 15.2. The Hall–Kier alpha value is -2.66. The third kappa shape index (κ3) is 2.96. The number of amides is 1. The topological polar surface area (TPSA) is 41.6 Å². The molecule has 1 aliphatic heterocycles. The van der Waals surface area contributed by atoms with Gasteiger partial charge in [-0.2, -0.15) is 0 Å². The molecular weight excluding hydrogens is 308 g/mol. The zero-order chi connectivity index (χ0) is 16.4. The number of rotatable bonds is 3. The van der Waals surface area contributed by atoms with Gasteiger partial charge in [-0.3, -0.25) is 9.69 Å². The second kappa shape index (κ2) is 6.22. The molecule has 116 valence electrons. The number of carbonyl (C=O) groups is 1. The number of hydrogen-bond acceptors (Lipinski definition) is 3. The van der Waals surface area contributed by atoms with Crippen LogP contribution in [0.3, 0.4) is 0 Å². The SMILES string of the molecule is COc1cccc(/C=C2/NC(=S)N(c3ccccc3C)C2=O)c1. The van der Waals surface area contributed by atoms with Gasteiger partial charge in [-0.05, 0) is 54.5 Å². The van der Waals surface area contributed by atoms with E-state index in [2.05, 4.69) is 5.32 Å². The van der Waals surface area contributed by atoms with Crippen molar-refractivity contribution < 1.29 is 9.53 Å². The third-order valence-corrected chi connectivity index (χ3v) is 3.92. The summed E-state index contributed by atoms with van der Waals surface area (Å²) in [7, 11) is 1.61. The van der Waals surface area contributed by atoms with Crippen molar-refractivity contribution in [3.05, 3.63) is 65.4 Å². The maximum atomic E-state index is 12.7. The highest BCUT2D eigenvalue weighted by Gasteiger charge is 2.32. The average molecular weight is 324 g/mol. The average Bonchev–Trinajstić information content (AvgIpc) is 2.82. The molecule has 1 saturated heterocycles. The number of carbonyl (C=O) groups excluding carboxylic acids is 1. The summed E-state index contributed by atoms with van der Waals surface area (Å²) < 4.78 is 5.20. The molecule has 0 radical (unpaired) electrons. The summed E-state index contributed by atoms with van der Waals surface area (Å²) in [5.41, 5.74) is 3.11. The van der Waals surface area contributed by atoms with Crippen molar-refractivity contribution in [2.75, 3.05) is 12.0 Å². The standard InChI is InChI=1S/C18H16N2O2S/c1-12-6-3-4-9-16(12)20-17(21)15(19-18(20)23)11-13-7-5-8-14(10-13)22-2/h3-11H,1-2H3,(H,19,23)/b15-11+. The molecule has 0 bridgehead atoms. The minimum absolute atomic E-state index is 0.160. The zero-order valence-corrected chi connectivity index (χ0v) is 13.7. The number of anilines is 1. The number of benzene rings is 2. The summed E-state index contributed by atoms with van der Waals surface area (Å²) in [6.45, 7) is 1.95. The summed E-state index contributed by atoms with van der Waals surface area (Å²) in [6.07, 6.45) is 1.77. The Balaban J connectivity index is 1.95. The number of thiocarbonyl (C=S) groups is 1. The predicted octanol–water partition coefficient (Wildman–Crippen LogP) is 3.27. The van der Waals surface area contributed by atoms with Gasteiger partial charge in [-0.25, -0.2) is 0 Å². The fraction of sp³-hybridized carbons (Fsp3) is 0.111. The molecule has 2 aromatic carbocycles. The van der Waals surface area contributed by atoms with E-state index in [1.54, 1.807) is 13.2 Å². The van der Waals surface area contributed by atoms with E-state index < -0.39 is 0 Å². The summed E-state index contributed by atoms with van der Waals surface area (Å²) >= 11 is 5.33. The highest BCUT2D eigenvalue weighted by atomic mass is 32.1. The van der Waals surface area contributed by atoms with Crippen LogP contribution in [-0.4, -0.2) is 18.1 Å². The van der Waals surface area contributed by atoms with Crippen LogP contribution in [0.25, 0.3) is 6.08 Å². The number of aryl methyl sites for hydroxylation is 1. The van der Waals surface area contributed by atoms with Gasteiger partial charge in [0, 0.05) is 0 Å². The second-order valence-corrected chi connectivity index (χ2v) is 5.58. The third-order valence-electron chi connectivity index (χ3n) is 3.64. The smallest absolute Gasteiger partial charge is 0.281 e. The lowest BCUT2D eigenvalue weighted by Crippen LogP contribution is -2.30. The van der Waals surface area contributed by atoms with Crippen molar-refractivity contribution in [2.24, 2.45) is 0 Å². The van der Waals surface area contributed by atoms with Gasteiger partial charge in [0.25, 0.3) is 5.91 Å². The number of para-hydroxylation sites is 1. The molecule has 4 nitrogen and oxygen atoms in total. The number of hydrogen-bond donors (Lipinski definition) is 1. The first kappa shape index (κ1) is 15.2. The quantitative estimate of drug-likeness (QED) is 0.695. The van der Waals surface area contributed by atoms with E-state index in [-0.39, 0.29) is 5.91 Å². The van der Waals surface area contributed by atoms with Crippen molar-refractivity contribution in [1.29, 1.82) is 0 Å². The number of nitrogens with zero attached hydrogens (tertiary/aromatic N) is 1. The summed E-state index contributed by atoms with van der Waals surface area (Å²) in [4.78, 5) is 14.2. The molecule has 0 aliphatic carbocycles. The van der Waals surface area contributed by atoms with Gasteiger partial charge in [-0.15, -0.1) is 0 Å². The Labute approximate surface area is 140 Å². The van der Waals surface area contributed by atoms with Gasteiger partial charge >= 0.3 is 0 Å². The molecule has 1 amide bonds. The van der Waals surface area contributed by atoms with Crippen LogP contribution in [0, 0.1) is 6.92 Å². The number of ether oxygens (including phenoxy) is 1. The van der Waals surface area contributed by atoms with Crippen LogP contribution in [0.5, 0.6) is 5.75 Å². The van der Waals surface area contributed by atoms with E-state index >= 15 is 0 Å². The number of nitrogens with one attached hydrogen (secondary N) is 1. The second-order valence-electron chi connectivity index (χ2n) is 5.19. The van der Waals surface area contributed by atoms with E-state index in [9.17, 15) is 4.79 Å². The van der Waals surface area contributed by atoms with Gasteiger partial charge in [0.05, 0.1) is 12.8 Å². The van der Waals surface area contributed by atoms with E-state index in [1.807, 2.05) is 55.5 Å². The van der Waals surface area contributed by atoms with E-state index in [0.29, 0.717) is 10.8 Å². The van der Waals surface area contributed by atoms with E-state index in [0.717, 1.165) is 22.6 Å². The Morgan fingerprint density at radius 3 is 2.70 bits per heavy atom. The summed E-state index contributed by atoms with van der Waals surface area (Å²) in [5.74, 6) is 0.579. The van der Waals surface area contributed by atoms with Crippen LogP contribution in [0.2, 0.25) is 0 Å². The van der Waals surface area contributed by atoms with Gasteiger partial charge in [-0.1, -0.05) is 30.3 Å².